The monoisotopic (exact) mass is 216 g/mol. The van der Waals surface area contributed by atoms with Crippen molar-refractivity contribution in [3.63, 3.8) is 0 Å². The molecule has 0 aliphatic carbocycles. The SMILES string of the molecule is CN(CCCN)C(=O)C1CCCCS1. The van der Waals surface area contributed by atoms with Crippen LogP contribution < -0.4 is 5.73 Å². The third-order valence-corrected chi connectivity index (χ3v) is 3.89. The average Bonchev–Trinajstić information content (AvgIpc) is 2.26. The molecule has 0 radical (unpaired) electrons. The molecule has 0 aromatic heterocycles. The average molecular weight is 216 g/mol. The molecule has 2 N–H and O–H groups in total. The van der Waals surface area contributed by atoms with Gasteiger partial charge in [-0.25, -0.2) is 0 Å². The summed E-state index contributed by atoms with van der Waals surface area (Å²) >= 11 is 1.81. The lowest BCUT2D eigenvalue weighted by Gasteiger charge is -2.25. The molecule has 14 heavy (non-hydrogen) atoms. The smallest absolute Gasteiger partial charge is 0.235 e. The minimum Gasteiger partial charge on any atom is -0.345 e. The van der Waals surface area contributed by atoms with E-state index in [2.05, 4.69) is 0 Å². The summed E-state index contributed by atoms with van der Waals surface area (Å²) in [6.45, 7) is 1.46. The zero-order valence-corrected chi connectivity index (χ0v) is 9.68. The molecule has 1 saturated heterocycles. The van der Waals surface area contributed by atoms with Crippen LogP contribution in [0.5, 0.6) is 0 Å². The first-order chi connectivity index (χ1) is 6.75. The van der Waals surface area contributed by atoms with E-state index in [0.29, 0.717) is 12.5 Å². The Kier molecular flexibility index (Phi) is 5.33. The van der Waals surface area contributed by atoms with Gasteiger partial charge < -0.3 is 10.6 Å². The van der Waals surface area contributed by atoms with E-state index in [-0.39, 0.29) is 5.25 Å². The first-order valence-electron chi connectivity index (χ1n) is 5.32. The molecule has 3 nitrogen and oxygen atoms in total. The highest BCUT2D eigenvalue weighted by Crippen LogP contribution is 2.26. The van der Waals surface area contributed by atoms with Crippen LogP contribution in [-0.4, -0.2) is 41.9 Å². The quantitative estimate of drug-likeness (QED) is 0.765. The third-order valence-electron chi connectivity index (χ3n) is 2.53. The highest BCUT2D eigenvalue weighted by Gasteiger charge is 2.23. The van der Waals surface area contributed by atoms with Crippen LogP contribution in [-0.2, 0) is 4.79 Å². The van der Waals surface area contributed by atoms with Crippen molar-refractivity contribution in [2.45, 2.75) is 30.9 Å². The second-order valence-corrected chi connectivity index (χ2v) is 5.07. The number of nitrogens with zero attached hydrogens (tertiary/aromatic N) is 1. The van der Waals surface area contributed by atoms with Gasteiger partial charge in [-0.2, -0.15) is 0 Å². The number of carbonyl (C=O) groups is 1. The Morgan fingerprint density at radius 2 is 2.36 bits per heavy atom. The lowest BCUT2D eigenvalue weighted by molar-refractivity contribution is -0.129. The molecule has 4 heteroatoms. The maximum atomic E-state index is 11.9. The van der Waals surface area contributed by atoms with Crippen molar-refractivity contribution in [2.24, 2.45) is 5.73 Å². The number of rotatable bonds is 4. The van der Waals surface area contributed by atoms with E-state index in [0.717, 1.165) is 25.1 Å². The molecule has 1 aliphatic heterocycles. The highest BCUT2D eigenvalue weighted by atomic mass is 32.2. The molecule has 82 valence electrons. The van der Waals surface area contributed by atoms with E-state index in [9.17, 15) is 4.79 Å². The van der Waals surface area contributed by atoms with E-state index >= 15 is 0 Å². The molecule has 1 aliphatic rings. The molecular formula is C10H20N2OS. The molecular weight excluding hydrogens is 196 g/mol. The van der Waals surface area contributed by atoms with Crippen molar-refractivity contribution < 1.29 is 4.79 Å². The van der Waals surface area contributed by atoms with Crippen LogP contribution in [0.3, 0.4) is 0 Å². The Labute approximate surface area is 90.4 Å². The van der Waals surface area contributed by atoms with Gasteiger partial charge in [0.05, 0.1) is 5.25 Å². The topological polar surface area (TPSA) is 46.3 Å². The summed E-state index contributed by atoms with van der Waals surface area (Å²) in [5.74, 6) is 1.43. The summed E-state index contributed by atoms with van der Waals surface area (Å²) in [7, 11) is 1.88. The Morgan fingerprint density at radius 1 is 1.57 bits per heavy atom. The lowest BCUT2D eigenvalue weighted by atomic mass is 10.1. The van der Waals surface area contributed by atoms with Gasteiger partial charge in [0.15, 0.2) is 0 Å². The Balaban J connectivity index is 2.30. The molecule has 1 heterocycles. The summed E-state index contributed by atoms with van der Waals surface area (Å²) < 4.78 is 0. The number of amides is 1. The first-order valence-corrected chi connectivity index (χ1v) is 6.37. The van der Waals surface area contributed by atoms with Gasteiger partial charge in [0.1, 0.15) is 0 Å². The Hall–Kier alpha value is -0.220. The van der Waals surface area contributed by atoms with Gasteiger partial charge in [-0.1, -0.05) is 6.42 Å². The van der Waals surface area contributed by atoms with Crippen molar-refractivity contribution in [3.05, 3.63) is 0 Å². The van der Waals surface area contributed by atoms with E-state index in [1.165, 1.54) is 12.8 Å². The van der Waals surface area contributed by atoms with E-state index in [4.69, 9.17) is 5.73 Å². The summed E-state index contributed by atoms with van der Waals surface area (Å²) in [5.41, 5.74) is 5.41. The van der Waals surface area contributed by atoms with Gasteiger partial charge in [-0.05, 0) is 31.6 Å². The summed E-state index contributed by atoms with van der Waals surface area (Å²) in [4.78, 5) is 13.7. The van der Waals surface area contributed by atoms with Crippen molar-refractivity contribution in [1.82, 2.24) is 4.90 Å². The van der Waals surface area contributed by atoms with Crippen LogP contribution in [0.2, 0.25) is 0 Å². The van der Waals surface area contributed by atoms with Crippen molar-refractivity contribution in [3.8, 4) is 0 Å². The first kappa shape index (κ1) is 11.9. The normalized spacial score (nSPS) is 22.0. The van der Waals surface area contributed by atoms with Crippen LogP contribution in [0.4, 0.5) is 0 Å². The van der Waals surface area contributed by atoms with Crippen molar-refractivity contribution >= 4 is 17.7 Å². The van der Waals surface area contributed by atoms with E-state index < -0.39 is 0 Å². The summed E-state index contributed by atoms with van der Waals surface area (Å²) in [5, 5.41) is 0.214. The van der Waals surface area contributed by atoms with Gasteiger partial charge in [-0.15, -0.1) is 11.8 Å². The third kappa shape index (κ3) is 3.50. The number of carbonyl (C=O) groups excluding carboxylic acids is 1. The van der Waals surface area contributed by atoms with Crippen LogP contribution in [0.1, 0.15) is 25.7 Å². The molecule has 0 bridgehead atoms. The molecule has 1 atom stereocenters. The fourth-order valence-corrected chi connectivity index (χ4v) is 2.93. The fourth-order valence-electron chi connectivity index (χ4n) is 1.62. The van der Waals surface area contributed by atoms with E-state index in [1.807, 2.05) is 23.7 Å². The minimum absolute atomic E-state index is 0.214. The van der Waals surface area contributed by atoms with Gasteiger partial charge >= 0.3 is 0 Å². The number of hydrogen-bond donors (Lipinski definition) is 1. The predicted molar refractivity (Wildman–Crippen MR) is 61.4 cm³/mol. The molecule has 0 aromatic carbocycles. The summed E-state index contributed by atoms with van der Waals surface area (Å²) in [6.07, 6.45) is 4.42. The zero-order chi connectivity index (χ0) is 10.4. The van der Waals surface area contributed by atoms with Crippen molar-refractivity contribution in [2.75, 3.05) is 25.9 Å². The van der Waals surface area contributed by atoms with Gasteiger partial charge in [0.2, 0.25) is 5.91 Å². The minimum atomic E-state index is 0.214. The maximum absolute atomic E-state index is 11.9. The fraction of sp³-hybridized carbons (Fsp3) is 0.900. The molecule has 1 amide bonds. The Morgan fingerprint density at radius 3 is 2.93 bits per heavy atom. The molecule has 0 aromatic rings. The van der Waals surface area contributed by atoms with E-state index in [1.54, 1.807) is 0 Å². The number of hydrogen-bond acceptors (Lipinski definition) is 3. The standard InChI is InChI=1S/C10H20N2OS/c1-12(7-4-6-11)10(13)9-5-2-3-8-14-9/h9H,2-8,11H2,1H3. The van der Waals surface area contributed by atoms with Crippen LogP contribution >= 0.6 is 11.8 Å². The molecule has 0 saturated carbocycles. The van der Waals surface area contributed by atoms with Crippen molar-refractivity contribution in [1.29, 1.82) is 0 Å². The molecule has 1 rings (SSSR count). The number of nitrogens with two attached hydrogens (primary N) is 1. The lowest BCUT2D eigenvalue weighted by Crippen LogP contribution is -2.37. The largest absolute Gasteiger partial charge is 0.345 e. The maximum Gasteiger partial charge on any atom is 0.235 e. The zero-order valence-electron chi connectivity index (χ0n) is 8.87. The van der Waals surface area contributed by atoms with Crippen LogP contribution in [0.25, 0.3) is 0 Å². The second kappa shape index (κ2) is 6.30. The van der Waals surface area contributed by atoms with Crippen LogP contribution in [0.15, 0.2) is 0 Å². The molecule has 1 fully saturated rings. The molecule has 1 unspecified atom stereocenters. The van der Waals surface area contributed by atoms with Gasteiger partial charge in [-0.3, -0.25) is 4.79 Å². The number of thioether (sulfide) groups is 1. The highest BCUT2D eigenvalue weighted by molar-refractivity contribution is 8.00. The van der Waals surface area contributed by atoms with Gasteiger partial charge in [0.25, 0.3) is 0 Å². The Bertz CT molecular complexity index is 181. The van der Waals surface area contributed by atoms with Gasteiger partial charge in [0, 0.05) is 13.6 Å². The van der Waals surface area contributed by atoms with Crippen LogP contribution in [0, 0.1) is 0 Å². The summed E-state index contributed by atoms with van der Waals surface area (Å²) in [6, 6.07) is 0. The second-order valence-electron chi connectivity index (χ2n) is 3.76. The predicted octanol–water partition coefficient (Wildman–Crippen LogP) is 1.08. The molecule has 0 spiro atoms.